The molecule has 9 aromatic rings. The lowest BCUT2D eigenvalue weighted by molar-refractivity contribution is 1.27. The van der Waals surface area contributed by atoms with Gasteiger partial charge in [-0.05, 0) is 170 Å². The maximum atomic E-state index is 3.53. The van der Waals surface area contributed by atoms with Crippen LogP contribution < -0.4 is 0 Å². The number of aryl methyl sites for hydroxylation is 2. The summed E-state index contributed by atoms with van der Waals surface area (Å²) in [7, 11) is 0. The molecule has 378 valence electrons. The average molecular weight is 1010 g/mol. The van der Waals surface area contributed by atoms with Crippen molar-refractivity contribution in [3.63, 3.8) is 0 Å². The Labute approximate surface area is 460 Å². The maximum Gasteiger partial charge on any atom is -0.00262 e. The Balaban J connectivity index is 0.000000630. The molecule has 0 nitrogen and oxygen atoms in total. The van der Waals surface area contributed by atoms with Gasteiger partial charge >= 0.3 is 0 Å². The smallest absolute Gasteiger partial charge is 0.00262 e. The minimum absolute atomic E-state index is 0.923. The van der Waals surface area contributed by atoms with Gasteiger partial charge in [0.25, 0.3) is 0 Å². The SMILES string of the molecule is C/C=C(C)/C=C/C=C/c1ccc2c(-c3ccc(C=C(c4ccccc4)c4ccccc4)cc3)c3ccccc3c(-c3ccc(/C=C(/C4=CC/C=C\C/C=C\4)c4ccccc4)cc3)c2c1.CC.CS.Cc1ccccc1C. The predicted octanol–water partition coefficient (Wildman–Crippen LogP) is 21.7. The summed E-state index contributed by atoms with van der Waals surface area (Å²) in [6.07, 6.45) is 30.3. The molecule has 0 spiro atoms. The van der Waals surface area contributed by atoms with Gasteiger partial charge in [0, 0.05) is 0 Å². The molecule has 1 aliphatic rings. The van der Waals surface area contributed by atoms with Crippen LogP contribution in [0.3, 0.4) is 0 Å². The van der Waals surface area contributed by atoms with Gasteiger partial charge in [-0.3, -0.25) is 0 Å². The molecule has 76 heavy (non-hydrogen) atoms. The highest BCUT2D eigenvalue weighted by molar-refractivity contribution is 7.79. The fourth-order valence-electron chi connectivity index (χ4n) is 9.33. The van der Waals surface area contributed by atoms with Crippen LogP contribution in [0.25, 0.3) is 73.2 Å². The third-order valence-corrected chi connectivity index (χ3v) is 13.5. The second-order valence-corrected chi connectivity index (χ2v) is 18.4. The molecular formula is C75H72S. The van der Waals surface area contributed by atoms with Crippen LogP contribution in [-0.4, -0.2) is 6.26 Å². The zero-order chi connectivity index (χ0) is 53.5. The average Bonchev–Trinajstić information content (AvgIpc) is 3.48. The van der Waals surface area contributed by atoms with E-state index >= 15 is 0 Å². The van der Waals surface area contributed by atoms with Crippen molar-refractivity contribution in [3.05, 3.63) is 317 Å². The van der Waals surface area contributed by atoms with Crippen LogP contribution in [0.5, 0.6) is 0 Å². The summed E-state index contributed by atoms with van der Waals surface area (Å²) in [6.45, 7) is 12.4. The first kappa shape index (κ1) is 55.5. The normalized spacial score (nSPS) is 13.2. The fraction of sp³-hybridized carbons (Fsp3) is 0.120. The summed E-state index contributed by atoms with van der Waals surface area (Å²) >= 11 is 3.53. The zero-order valence-electron chi connectivity index (χ0n) is 45.4. The molecule has 0 aliphatic heterocycles. The maximum absolute atomic E-state index is 3.53. The van der Waals surface area contributed by atoms with E-state index in [9.17, 15) is 0 Å². The molecule has 1 aliphatic carbocycles. The molecule has 0 aromatic heterocycles. The Hall–Kier alpha value is -8.23. The van der Waals surface area contributed by atoms with Crippen LogP contribution in [0.1, 0.15) is 85.0 Å². The van der Waals surface area contributed by atoms with Crippen LogP contribution in [0.4, 0.5) is 0 Å². The van der Waals surface area contributed by atoms with Crippen molar-refractivity contribution in [2.45, 2.75) is 54.4 Å². The van der Waals surface area contributed by atoms with Crippen molar-refractivity contribution in [3.8, 4) is 22.3 Å². The van der Waals surface area contributed by atoms with E-state index < -0.39 is 0 Å². The van der Waals surface area contributed by atoms with Crippen molar-refractivity contribution < 1.29 is 0 Å². The van der Waals surface area contributed by atoms with Gasteiger partial charge < -0.3 is 0 Å². The standard InChI is InChI=1S/C64H52.C8H10.C2H6.CH4S/c1-3-47(2)22-18-19-23-48-38-43-59-62(46-48)64(56-41-36-50(37-42-56)45-60(52-26-12-7-13-27-52)51-24-10-5-4-6-11-25-51)58-33-21-20-32-57(58)63(59)55-39-34-49(35-40-55)44-61(53-28-14-8-15-29-53)54-30-16-9-17-31-54;1-7-5-3-4-6-8(7)2;2*1-2/h3-5,7-9,11-46H,6,10H2,1-2H3;3-6H,1-2H3;1-2H3;2H,1H3/b5-4-,22-18+,23-19+,25-11-,47-3+,51-24?,60-45-;;;. The molecule has 0 fully saturated rings. The largest absolute Gasteiger partial charge is 0.183 e. The first-order valence-electron chi connectivity index (χ1n) is 26.7. The van der Waals surface area contributed by atoms with Crippen LogP contribution >= 0.6 is 12.6 Å². The van der Waals surface area contributed by atoms with Gasteiger partial charge in [-0.1, -0.05) is 280 Å². The lowest BCUT2D eigenvalue weighted by atomic mass is 9.85. The van der Waals surface area contributed by atoms with E-state index in [0.717, 1.165) is 24.0 Å². The molecule has 0 bridgehead atoms. The molecular weight excluding hydrogens is 933 g/mol. The highest BCUT2D eigenvalue weighted by Crippen LogP contribution is 2.44. The molecule has 0 saturated carbocycles. The molecule has 0 heterocycles. The number of rotatable bonds is 11. The lowest BCUT2D eigenvalue weighted by Crippen LogP contribution is -1.92. The number of hydrogen-bond acceptors (Lipinski definition) is 1. The van der Waals surface area contributed by atoms with Crippen molar-refractivity contribution >= 4 is 63.5 Å². The Morgan fingerprint density at radius 2 is 0.868 bits per heavy atom. The van der Waals surface area contributed by atoms with Gasteiger partial charge in [0.15, 0.2) is 0 Å². The molecule has 9 aromatic carbocycles. The summed E-state index contributed by atoms with van der Waals surface area (Å²) in [6, 6.07) is 74.7. The first-order valence-corrected chi connectivity index (χ1v) is 27.6. The van der Waals surface area contributed by atoms with Crippen molar-refractivity contribution in [2.75, 3.05) is 6.26 Å². The van der Waals surface area contributed by atoms with Gasteiger partial charge in [0.1, 0.15) is 0 Å². The van der Waals surface area contributed by atoms with Gasteiger partial charge in [-0.25, -0.2) is 0 Å². The van der Waals surface area contributed by atoms with E-state index in [0.29, 0.717) is 0 Å². The minimum Gasteiger partial charge on any atom is -0.183 e. The molecule has 0 amide bonds. The van der Waals surface area contributed by atoms with Crippen molar-refractivity contribution in [2.24, 2.45) is 0 Å². The number of allylic oxidation sites excluding steroid dienone is 12. The number of fused-ring (bicyclic) bond motifs is 2. The molecule has 10 rings (SSSR count). The fourth-order valence-corrected chi connectivity index (χ4v) is 9.33. The molecule has 0 radical (unpaired) electrons. The molecule has 0 N–H and O–H groups in total. The second-order valence-electron chi connectivity index (χ2n) is 18.4. The van der Waals surface area contributed by atoms with E-state index in [1.165, 1.54) is 99.5 Å². The topological polar surface area (TPSA) is 0 Å². The molecule has 0 unspecified atom stereocenters. The van der Waals surface area contributed by atoms with Crippen LogP contribution in [-0.2, 0) is 0 Å². The van der Waals surface area contributed by atoms with Gasteiger partial charge in [0.05, 0.1) is 0 Å². The summed E-state index contributed by atoms with van der Waals surface area (Å²) in [5, 5.41) is 4.94. The van der Waals surface area contributed by atoms with Gasteiger partial charge in [-0.2, -0.15) is 12.6 Å². The molecule has 1 heteroatoms. The molecule has 0 atom stereocenters. The highest BCUT2D eigenvalue weighted by atomic mass is 32.1. The Bertz CT molecular complexity index is 3480. The van der Waals surface area contributed by atoms with E-state index in [1.807, 2.05) is 13.8 Å². The van der Waals surface area contributed by atoms with Crippen LogP contribution in [0, 0.1) is 13.8 Å². The van der Waals surface area contributed by atoms with Crippen molar-refractivity contribution in [1.29, 1.82) is 0 Å². The summed E-state index contributed by atoms with van der Waals surface area (Å²) < 4.78 is 0. The number of hydrogen-bond donors (Lipinski definition) is 1. The number of thiol groups is 1. The zero-order valence-corrected chi connectivity index (χ0v) is 46.3. The first-order chi connectivity index (χ1) is 37.4. The van der Waals surface area contributed by atoms with E-state index in [-0.39, 0.29) is 0 Å². The Kier molecular flexibility index (Phi) is 21.2. The highest BCUT2D eigenvalue weighted by Gasteiger charge is 2.18. The quantitative estimate of drug-likeness (QED) is 0.0431. The van der Waals surface area contributed by atoms with Crippen molar-refractivity contribution in [1.82, 2.24) is 0 Å². The van der Waals surface area contributed by atoms with E-state index in [2.05, 4.69) is 319 Å². The van der Waals surface area contributed by atoms with Crippen LogP contribution in [0.15, 0.2) is 272 Å². The summed E-state index contributed by atoms with van der Waals surface area (Å²) in [4.78, 5) is 0. The van der Waals surface area contributed by atoms with Gasteiger partial charge in [0.2, 0.25) is 0 Å². The Morgan fingerprint density at radius 1 is 0.434 bits per heavy atom. The summed E-state index contributed by atoms with van der Waals surface area (Å²) in [5.41, 5.74) is 19.7. The van der Waals surface area contributed by atoms with E-state index in [4.69, 9.17) is 0 Å². The van der Waals surface area contributed by atoms with Gasteiger partial charge in [-0.15, -0.1) is 0 Å². The second kappa shape index (κ2) is 29.0. The minimum atomic E-state index is 0.923. The third-order valence-electron chi connectivity index (χ3n) is 13.5. The number of benzene rings is 9. The lowest BCUT2D eigenvalue weighted by Gasteiger charge is -2.19. The summed E-state index contributed by atoms with van der Waals surface area (Å²) in [5.74, 6) is 0. The molecule has 0 saturated heterocycles. The predicted molar refractivity (Wildman–Crippen MR) is 342 cm³/mol. The van der Waals surface area contributed by atoms with Crippen LogP contribution in [0.2, 0.25) is 0 Å². The monoisotopic (exact) mass is 1000 g/mol. The third kappa shape index (κ3) is 14.5. The van der Waals surface area contributed by atoms with E-state index in [1.54, 1.807) is 6.26 Å². The Morgan fingerprint density at radius 3 is 1.38 bits per heavy atom.